The molecule has 0 radical (unpaired) electrons. The molecule has 1 aromatic heterocycles. The first-order valence-corrected chi connectivity index (χ1v) is 10.6. The molecule has 9 heteroatoms. The van der Waals surface area contributed by atoms with E-state index in [0.717, 1.165) is 11.3 Å². The molecule has 0 bridgehead atoms. The zero-order valence-corrected chi connectivity index (χ0v) is 18.3. The molecular weight excluding hydrogens is 438 g/mol. The van der Waals surface area contributed by atoms with Crippen molar-refractivity contribution in [3.05, 3.63) is 70.8 Å². The molecule has 6 nitrogen and oxygen atoms in total. The summed E-state index contributed by atoms with van der Waals surface area (Å²) in [6, 6.07) is 10.0. The Bertz CT molecular complexity index is 1120. The van der Waals surface area contributed by atoms with E-state index in [-0.39, 0.29) is 29.2 Å². The smallest absolute Gasteiger partial charge is 0.338 e. The van der Waals surface area contributed by atoms with Gasteiger partial charge in [0.05, 0.1) is 23.3 Å². The maximum absolute atomic E-state index is 14.7. The number of rotatable bonds is 8. The van der Waals surface area contributed by atoms with Crippen molar-refractivity contribution < 1.29 is 28.2 Å². The molecule has 3 aromatic rings. The summed E-state index contributed by atoms with van der Waals surface area (Å²) in [5.74, 6) is -3.25. The van der Waals surface area contributed by atoms with Gasteiger partial charge >= 0.3 is 5.97 Å². The van der Waals surface area contributed by atoms with E-state index >= 15 is 0 Å². The largest absolute Gasteiger partial charge is 0.462 e. The first kappa shape index (κ1) is 23.4. The lowest BCUT2D eigenvalue weighted by Gasteiger charge is -2.11. The SMILES string of the molecule is CCOC(=O)c1ccc(Nc2sc(-c3c(F)cc(C(C)CO)cc3F)cc2C(N)=O)cc1. The number of benzene rings is 2. The summed E-state index contributed by atoms with van der Waals surface area (Å²) < 4.78 is 34.4. The third-order valence-corrected chi connectivity index (χ3v) is 5.87. The van der Waals surface area contributed by atoms with Crippen LogP contribution in [0.25, 0.3) is 10.4 Å². The van der Waals surface area contributed by atoms with Crippen molar-refractivity contribution in [2.24, 2.45) is 5.73 Å². The number of ether oxygens (including phenoxy) is 1. The molecule has 0 spiro atoms. The molecule has 168 valence electrons. The molecule has 0 fully saturated rings. The Hall–Kier alpha value is -3.30. The number of thiophene rings is 1. The van der Waals surface area contributed by atoms with Crippen molar-refractivity contribution >= 4 is 33.9 Å². The Kier molecular flexibility index (Phi) is 7.22. The van der Waals surface area contributed by atoms with Crippen molar-refractivity contribution in [3.63, 3.8) is 0 Å². The lowest BCUT2D eigenvalue weighted by Crippen LogP contribution is -2.11. The van der Waals surface area contributed by atoms with Gasteiger partial charge in [0.25, 0.3) is 5.91 Å². The van der Waals surface area contributed by atoms with Gasteiger partial charge in [-0.2, -0.15) is 0 Å². The number of hydrogen-bond donors (Lipinski definition) is 3. The third-order valence-electron chi connectivity index (χ3n) is 4.81. The number of amides is 1. The van der Waals surface area contributed by atoms with E-state index in [4.69, 9.17) is 10.5 Å². The van der Waals surface area contributed by atoms with Crippen LogP contribution < -0.4 is 11.1 Å². The summed E-state index contributed by atoms with van der Waals surface area (Å²) in [5, 5.41) is 12.6. The van der Waals surface area contributed by atoms with E-state index in [1.807, 2.05) is 0 Å². The number of esters is 1. The quantitative estimate of drug-likeness (QED) is 0.419. The Balaban J connectivity index is 1.95. The zero-order valence-electron chi connectivity index (χ0n) is 17.4. The fraction of sp³-hybridized carbons (Fsp3) is 0.217. The molecule has 3 rings (SSSR count). The van der Waals surface area contributed by atoms with Crippen LogP contribution in [-0.2, 0) is 4.74 Å². The molecule has 0 saturated carbocycles. The molecular formula is C23H22F2N2O4S. The Morgan fingerprint density at radius 3 is 2.31 bits per heavy atom. The Morgan fingerprint density at radius 2 is 1.78 bits per heavy atom. The minimum atomic E-state index is -0.803. The monoisotopic (exact) mass is 460 g/mol. The maximum Gasteiger partial charge on any atom is 0.338 e. The topological polar surface area (TPSA) is 102 Å². The van der Waals surface area contributed by atoms with Gasteiger partial charge in [-0.05, 0) is 55.0 Å². The lowest BCUT2D eigenvalue weighted by molar-refractivity contribution is 0.0526. The van der Waals surface area contributed by atoms with E-state index in [0.29, 0.717) is 21.8 Å². The number of nitrogens with two attached hydrogens (primary N) is 1. The number of aliphatic hydroxyl groups is 1. The molecule has 0 aliphatic rings. The van der Waals surface area contributed by atoms with Gasteiger partial charge in [0.1, 0.15) is 16.6 Å². The molecule has 0 aliphatic heterocycles. The summed E-state index contributed by atoms with van der Waals surface area (Å²) in [4.78, 5) is 23.9. The van der Waals surface area contributed by atoms with E-state index < -0.39 is 29.4 Å². The average Bonchev–Trinajstić information content (AvgIpc) is 3.16. The first-order chi connectivity index (χ1) is 15.2. The highest BCUT2D eigenvalue weighted by Gasteiger charge is 2.21. The van der Waals surface area contributed by atoms with Crippen LogP contribution in [0.15, 0.2) is 42.5 Å². The van der Waals surface area contributed by atoms with Crippen molar-refractivity contribution in [2.75, 3.05) is 18.5 Å². The van der Waals surface area contributed by atoms with Crippen LogP contribution in [0.1, 0.15) is 46.0 Å². The predicted molar refractivity (Wildman–Crippen MR) is 119 cm³/mol. The minimum absolute atomic E-state index is 0.0751. The van der Waals surface area contributed by atoms with Crippen LogP contribution in [0.3, 0.4) is 0 Å². The number of primary amides is 1. The molecule has 2 aromatic carbocycles. The molecule has 0 aliphatic carbocycles. The second-order valence-electron chi connectivity index (χ2n) is 7.08. The molecule has 4 N–H and O–H groups in total. The second kappa shape index (κ2) is 9.88. The van der Waals surface area contributed by atoms with Gasteiger partial charge in [0, 0.05) is 23.1 Å². The Labute approximate surface area is 187 Å². The summed E-state index contributed by atoms with van der Waals surface area (Å²) >= 11 is 0.970. The number of halogens is 2. The van der Waals surface area contributed by atoms with E-state index in [1.54, 1.807) is 38.1 Å². The standard InChI is InChI=1S/C23H22F2N2O4S/c1-3-31-23(30)13-4-6-15(7-5-13)27-22-16(21(26)29)10-19(32-22)20-17(24)8-14(9-18(20)25)12(2)11-28/h4-10,12,27-28H,3,11H2,1-2H3,(H2,26,29). The summed E-state index contributed by atoms with van der Waals surface area (Å²) in [7, 11) is 0. The van der Waals surface area contributed by atoms with Gasteiger partial charge in [0.2, 0.25) is 0 Å². The zero-order chi connectivity index (χ0) is 23.4. The average molecular weight is 461 g/mol. The minimum Gasteiger partial charge on any atom is -0.462 e. The highest BCUT2D eigenvalue weighted by atomic mass is 32.1. The number of aliphatic hydroxyl groups excluding tert-OH is 1. The van der Waals surface area contributed by atoms with E-state index in [2.05, 4.69) is 5.32 Å². The number of carbonyl (C=O) groups excluding carboxylic acids is 2. The fourth-order valence-electron chi connectivity index (χ4n) is 3.04. The lowest BCUT2D eigenvalue weighted by atomic mass is 9.99. The number of anilines is 2. The normalized spacial score (nSPS) is 11.8. The van der Waals surface area contributed by atoms with Gasteiger partial charge in [-0.3, -0.25) is 4.79 Å². The van der Waals surface area contributed by atoms with E-state index in [9.17, 15) is 23.5 Å². The molecule has 0 saturated heterocycles. The number of carbonyl (C=O) groups is 2. The first-order valence-electron chi connectivity index (χ1n) is 9.83. The molecule has 1 heterocycles. The molecule has 1 amide bonds. The van der Waals surface area contributed by atoms with Gasteiger partial charge in [0.15, 0.2) is 0 Å². The van der Waals surface area contributed by atoms with Crippen LogP contribution >= 0.6 is 11.3 Å². The van der Waals surface area contributed by atoms with Crippen LogP contribution in [0.5, 0.6) is 0 Å². The van der Waals surface area contributed by atoms with Crippen molar-refractivity contribution in [2.45, 2.75) is 19.8 Å². The van der Waals surface area contributed by atoms with Gasteiger partial charge < -0.3 is 20.9 Å². The summed E-state index contributed by atoms with van der Waals surface area (Å²) in [6.45, 7) is 3.37. The summed E-state index contributed by atoms with van der Waals surface area (Å²) in [5.41, 5.74) is 6.50. The van der Waals surface area contributed by atoms with Crippen LogP contribution in [0, 0.1) is 11.6 Å². The second-order valence-corrected chi connectivity index (χ2v) is 8.14. The molecule has 32 heavy (non-hydrogen) atoms. The fourth-order valence-corrected chi connectivity index (χ4v) is 4.18. The predicted octanol–water partition coefficient (Wildman–Crippen LogP) is 4.81. The van der Waals surface area contributed by atoms with Crippen molar-refractivity contribution in [3.8, 4) is 10.4 Å². The molecule has 1 unspecified atom stereocenters. The highest BCUT2D eigenvalue weighted by molar-refractivity contribution is 7.20. The highest BCUT2D eigenvalue weighted by Crippen LogP contribution is 2.40. The number of nitrogens with one attached hydrogen (secondary N) is 1. The molecule has 1 atom stereocenters. The van der Waals surface area contributed by atoms with E-state index in [1.165, 1.54) is 18.2 Å². The third kappa shape index (κ3) is 4.95. The summed E-state index contributed by atoms with van der Waals surface area (Å²) in [6.07, 6.45) is 0. The van der Waals surface area contributed by atoms with Crippen LogP contribution in [0.2, 0.25) is 0 Å². The maximum atomic E-state index is 14.7. The Morgan fingerprint density at radius 1 is 1.16 bits per heavy atom. The van der Waals surface area contributed by atoms with Crippen LogP contribution in [0.4, 0.5) is 19.5 Å². The van der Waals surface area contributed by atoms with Gasteiger partial charge in [-0.15, -0.1) is 11.3 Å². The van der Waals surface area contributed by atoms with Crippen molar-refractivity contribution in [1.29, 1.82) is 0 Å². The number of hydrogen-bond acceptors (Lipinski definition) is 6. The van der Waals surface area contributed by atoms with Crippen molar-refractivity contribution in [1.82, 2.24) is 0 Å². The van der Waals surface area contributed by atoms with Gasteiger partial charge in [-0.25, -0.2) is 13.6 Å². The van der Waals surface area contributed by atoms with Crippen LogP contribution in [-0.4, -0.2) is 30.2 Å². The van der Waals surface area contributed by atoms with Gasteiger partial charge in [-0.1, -0.05) is 6.92 Å².